The maximum Gasteiger partial charge on any atom is 0.267 e. The molecule has 0 saturated carbocycles. The molecule has 0 amide bonds. The first-order valence-electron chi connectivity index (χ1n) is 10.3. The number of aromatic nitrogens is 5. The van der Waals surface area contributed by atoms with Crippen LogP contribution in [0.15, 0.2) is 65.2 Å². The molecule has 32 heavy (non-hydrogen) atoms. The van der Waals surface area contributed by atoms with Crippen LogP contribution in [0.25, 0.3) is 26.9 Å². The summed E-state index contributed by atoms with van der Waals surface area (Å²) in [5.74, 6) is 1.45. The third kappa shape index (κ3) is 2.98. The van der Waals surface area contributed by atoms with Gasteiger partial charge in [-0.1, -0.05) is 35.9 Å². The van der Waals surface area contributed by atoms with E-state index in [9.17, 15) is 4.79 Å². The second-order valence-corrected chi connectivity index (χ2v) is 8.88. The number of hydrogen-bond donors (Lipinski definition) is 0. The van der Waals surface area contributed by atoms with Crippen molar-refractivity contribution in [1.82, 2.24) is 24.5 Å². The standard InChI is InChI=1S/C23H17ClN6OS/c24-15-8-4-9-16-18(15)23(31)30(14-6-2-1-3-7-14)20(28-16)17-10-5-11-29(17)21-19-22(26-12-25-21)32-13-27-19/h1-4,6-9,12-13,17H,5,10-11H2. The van der Waals surface area contributed by atoms with Gasteiger partial charge in [-0.05, 0) is 37.1 Å². The number of anilines is 1. The molecule has 0 N–H and O–H groups in total. The van der Waals surface area contributed by atoms with Gasteiger partial charge in [-0.2, -0.15) is 0 Å². The van der Waals surface area contributed by atoms with Crippen LogP contribution in [0.3, 0.4) is 0 Å². The van der Waals surface area contributed by atoms with E-state index < -0.39 is 0 Å². The van der Waals surface area contributed by atoms with E-state index >= 15 is 0 Å². The van der Waals surface area contributed by atoms with Crippen molar-refractivity contribution in [3.05, 3.63) is 81.6 Å². The molecule has 2 aromatic carbocycles. The Morgan fingerprint density at radius 1 is 1.03 bits per heavy atom. The number of fused-ring (bicyclic) bond motifs is 2. The molecule has 1 atom stereocenters. The Morgan fingerprint density at radius 2 is 1.91 bits per heavy atom. The van der Waals surface area contributed by atoms with Gasteiger partial charge >= 0.3 is 0 Å². The molecule has 4 heterocycles. The predicted molar refractivity (Wildman–Crippen MR) is 127 cm³/mol. The van der Waals surface area contributed by atoms with Gasteiger partial charge in [0.2, 0.25) is 0 Å². The molecule has 6 rings (SSSR count). The van der Waals surface area contributed by atoms with Gasteiger partial charge < -0.3 is 4.90 Å². The van der Waals surface area contributed by atoms with Crippen LogP contribution in [-0.4, -0.2) is 31.0 Å². The SMILES string of the molecule is O=c1c2c(Cl)cccc2nc(C2CCCN2c2ncnc3scnc23)n1-c1ccccc1. The van der Waals surface area contributed by atoms with Crippen molar-refractivity contribution in [3.8, 4) is 5.69 Å². The highest BCUT2D eigenvalue weighted by molar-refractivity contribution is 7.16. The quantitative estimate of drug-likeness (QED) is 0.385. The Morgan fingerprint density at radius 3 is 2.78 bits per heavy atom. The van der Waals surface area contributed by atoms with E-state index in [-0.39, 0.29) is 11.6 Å². The summed E-state index contributed by atoms with van der Waals surface area (Å²) in [5, 5.41) is 0.828. The smallest absolute Gasteiger partial charge is 0.267 e. The van der Waals surface area contributed by atoms with Crippen LogP contribution in [0, 0.1) is 0 Å². The van der Waals surface area contributed by atoms with Gasteiger partial charge in [-0.15, -0.1) is 11.3 Å². The predicted octanol–water partition coefficient (Wildman–Crippen LogP) is 4.78. The molecular formula is C23H17ClN6OS. The summed E-state index contributed by atoms with van der Waals surface area (Å²) < 4.78 is 1.69. The van der Waals surface area contributed by atoms with E-state index in [0.29, 0.717) is 21.7 Å². The molecule has 3 aromatic heterocycles. The Labute approximate surface area is 192 Å². The molecule has 7 nitrogen and oxygen atoms in total. The molecule has 1 fully saturated rings. The van der Waals surface area contributed by atoms with Crippen LogP contribution in [-0.2, 0) is 0 Å². The van der Waals surface area contributed by atoms with Crippen LogP contribution in [0.4, 0.5) is 5.82 Å². The fraction of sp³-hybridized carbons (Fsp3) is 0.174. The zero-order valence-corrected chi connectivity index (χ0v) is 18.4. The Hall–Kier alpha value is -3.36. The normalized spacial score (nSPS) is 16.3. The van der Waals surface area contributed by atoms with E-state index in [2.05, 4.69) is 19.9 Å². The largest absolute Gasteiger partial charge is 0.344 e. The number of halogens is 1. The number of benzene rings is 2. The molecule has 0 radical (unpaired) electrons. The second-order valence-electron chi connectivity index (χ2n) is 7.63. The lowest BCUT2D eigenvalue weighted by Gasteiger charge is -2.27. The number of hydrogen-bond acceptors (Lipinski definition) is 7. The van der Waals surface area contributed by atoms with Gasteiger partial charge in [0.25, 0.3) is 5.56 Å². The number of thiazole rings is 1. The van der Waals surface area contributed by atoms with Gasteiger partial charge in [-0.3, -0.25) is 9.36 Å². The summed E-state index contributed by atoms with van der Waals surface area (Å²) in [6.45, 7) is 0.798. The molecule has 158 valence electrons. The molecule has 1 aliphatic rings. The van der Waals surface area contributed by atoms with Crippen molar-refractivity contribution in [2.75, 3.05) is 11.4 Å². The first kappa shape index (κ1) is 19.3. The fourth-order valence-corrected chi connectivity index (χ4v) is 5.31. The van der Waals surface area contributed by atoms with Gasteiger partial charge in [-0.25, -0.2) is 19.9 Å². The zero-order valence-electron chi connectivity index (χ0n) is 16.8. The maximum absolute atomic E-state index is 13.7. The Kier molecular flexibility index (Phi) is 4.62. The number of rotatable bonds is 3. The van der Waals surface area contributed by atoms with Crippen LogP contribution >= 0.6 is 22.9 Å². The molecule has 1 saturated heterocycles. The summed E-state index contributed by atoms with van der Waals surface area (Å²) in [4.78, 5) is 35.1. The minimum absolute atomic E-state index is 0.133. The summed E-state index contributed by atoms with van der Waals surface area (Å²) in [5.41, 5.74) is 3.74. The minimum Gasteiger partial charge on any atom is -0.344 e. The van der Waals surface area contributed by atoms with Crippen LogP contribution < -0.4 is 10.5 Å². The Balaban J connectivity index is 1.61. The molecular weight excluding hydrogens is 444 g/mol. The molecule has 5 aromatic rings. The molecule has 0 spiro atoms. The highest BCUT2D eigenvalue weighted by Crippen LogP contribution is 2.38. The molecule has 9 heteroatoms. The van der Waals surface area contributed by atoms with Crippen molar-refractivity contribution in [1.29, 1.82) is 0 Å². The van der Waals surface area contributed by atoms with Gasteiger partial charge in [0.1, 0.15) is 22.5 Å². The van der Waals surface area contributed by atoms with E-state index in [1.54, 1.807) is 22.5 Å². The highest BCUT2D eigenvalue weighted by atomic mass is 35.5. The highest BCUT2D eigenvalue weighted by Gasteiger charge is 2.33. The van der Waals surface area contributed by atoms with Gasteiger partial charge in [0.05, 0.1) is 33.2 Å². The molecule has 0 aliphatic carbocycles. The van der Waals surface area contributed by atoms with Gasteiger partial charge in [0, 0.05) is 6.54 Å². The van der Waals surface area contributed by atoms with Crippen molar-refractivity contribution in [2.24, 2.45) is 0 Å². The van der Waals surface area contributed by atoms with Crippen molar-refractivity contribution < 1.29 is 0 Å². The third-order valence-electron chi connectivity index (χ3n) is 5.83. The van der Waals surface area contributed by atoms with Crippen molar-refractivity contribution in [3.63, 3.8) is 0 Å². The summed E-state index contributed by atoms with van der Waals surface area (Å²) in [6.07, 6.45) is 3.38. The third-order valence-corrected chi connectivity index (χ3v) is 6.87. The monoisotopic (exact) mass is 460 g/mol. The van der Waals surface area contributed by atoms with E-state index in [1.165, 1.54) is 11.3 Å². The fourth-order valence-electron chi connectivity index (χ4n) is 4.44. The molecule has 1 unspecified atom stereocenters. The lowest BCUT2D eigenvalue weighted by molar-refractivity contribution is 0.634. The second kappa shape index (κ2) is 7.65. The van der Waals surface area contributed by atoms with Crippen LogP contribution in [0.5, 0.6) is 0 Å². The lowest BCUT2D eigenvalue weighted by Crippen LogP contribution is -2.32. The lowest BCUT2D eigenvalue weighted by atomic mass is 10.1. The van der Waals surface area contributed by atoms with E-state index in [0.717, 1.165) is 41.2 Å². The summed E-state index contributed by atoms with van der Waals surface area (Å²) >= 11 is 7.91. The number of para-hydroxylation sites is 1. The average Bonchev–Trinajstić information content (AvgIpc) is 3.49. The zero-order chi connectivity index (χ0) is 21.7. The average molecular weight is 461 g/mol. The van der Waals surface area contributed by atoms with E-state index in [1.807, 2.05) is 42.5 Å². The van der Waals surface area contributed by atoms with Crippen LogP contribution in [0.2, 0.25) is 5.02 Å². The summed E-state index contributed by atoms with van der Waals surface area (Å²) in [6, 6.07) is 14.8. The van der Waals surface area contributed by atoms with Gasteiger partial charge in [0.15, 0.2) is 5.82 Å². The minimum atomic E-state index is -0.171. The van der Waals surface area contributed by atoms with Crippen LogP contribution in [0.1, 0.15) is 24.7 Å². The molecule has 0 bridgehead atoms. The van der Waals surface area contributed by atoms with E-state index in [4.69, 9.17) is 16.6 Å². The number of nitrogens with zero attached hydrogens (tertiary/aromatic N) is 6. The Bertz CT molecular complexity index is 1520. The van der Waals surface area contributed by atoms with Crippen molar-refractivity contribution in [2.45, 2.75) is 18.9 Å². The topological polar surface area (TPSA) is 76.8 Å². The summed E-state index contributed by atoms with van der Waals surface area (Å²) in [7, 11) is 0. The maximum atomic E-state index is 13.7. The molecule has 1 aliphatic heterocycles. The first-order chi connectivity index (χ1) is 15.7. The van der Waals surface area contributed by atoms with Crippen molar-refractivity contribution >= 4 is 50.0 Å². The first-order valence-corrected chi connectivity index (χ1v) is 11.6.